The van der Waals surface area contributed by atoms with E-state index >= 15 is 0 Å². The Labute approximate surface area is 114 Å². The van der Waals surface area contributed by atoms with Crippen molar-refractivity contribution in [1.29, 1.82) is 0 Å². The van der Waals surface area contributed by atoms with E-state index in [1.807, 2.05) is 13.8 Å². The van der Waals surface area contributed by atoms with E-state index in [2.05, 4.69) is 0 Å². The Morgan fingerprint density at radius 1 is 0.895 bits per heavy atom. The topological polar surface area (TPSA) is 52.3 Å². The van der Waals surface area contributed by atoms with Gasteiger partial charge in [-0.15, -0.1) is 0 Å². The van der Waals surface area contributed by atoms with E-state index in [0.717, 1.165) is 5.75 Å². The number of anilines is 1. The molecule has 0 aliphatic rings. The molecule has 3 nitrogen and oxygen atoms in total. The summed E-state index contributed by atoms with van der Waals surface area (Å²) in [5.41, 5.74) is 6.95. The number of carbonyl (C=O) groups is 1. The molecule has 2 rings (SSSR count). The van der Waals surface area contributed by atoms with Gasteiger partial charge in [-0.1, -0.05) is 13.8 Å². The molecule has 0 heterocycles. The van der Waals surface area contributed by atoms with Crippen molar-refractivity contribution in [3.63, 3.8) is 0 Å². The van der Waals surface area contributed by atoms with Crippen molar-refractivity contribution < 1.29 is 9.53 Å². The minimum atomic E-state index is 0.0454. The monoisotopic (exact) mass is 257 g/mol. The summed E-state index contributed by atoms with van der Waals surface area (Å²) in [4.78, 5) is 11.1. The molecule has 0 fully saturated rings. The lowest BCUT2D eigenvalue weighted by atomic mass is 10.1. The number of benzene rings is 2. The van der Waals surface area contributed by atoms with Gasteiger partial charge in [0, 0.05) is 11.3 Å². The number of nitrogen functional groups attached to an aromatic ring is 1. The van der Waals surface area contributed by atoms with Gasteiger partial charge in [0.05, 0.1) is 0 Å². The fraction of sp³-hybridized carbons (Fsp3) is 0.188. The first-order chi connectivity index (χ1) is 9.15. The van der Waals surface area contributed by atoms with Crippen LogP contribution in [0.4, 0.5) is 5.69 Å². The Hall–Kier alpha value is -2.29. The van der Waals surface area contributed by atoms with Crippen LogP contribution in [-0.2, 0) is 0 Å². The summed E-state index contributed by atoms with van der Waals surface area (Å²) in [5.74, 6) is 1.46. The molecule has 2 N–H and O–H groups in total. The summed E-state index contributed by atoms with van der Waals surface area (Å²) in [6.45, 7) is 5.54. The highest BCUT2D eigenvalue weighted by Crippen LogP contribution is 2.22. The summed E-state index contributed by atoms with van der Waals surface area (Å²) in [6, 6.07) is 14.2. The maximum absolute atomic E-state index is 11.1. The van der Waals surface area contributed by atoms with E-state index in [0.29, 0.717) is 17.0 Å². The first kappa shape index (κ1) is 14.8. The summed E-state index contributed by atoms with van der Waals surface area (Å²) >= 11 is 0. The van der Waals surface area contributed by atoms with E-state index < -0.39 is 0 Å². The molecule has 0 radical (unpaired) electrons. The summed E-state index contributed by atoms with van der Waals surface area (Å²) in [5, 5.41) is 0. The van der Waals surface area contributed by atoms with Gasteiger partial charge < -0.3 is 10.5 Å². The molecule has 3 heteroatoms. The van der Waals surface area contributed by atoms with Crippen molar-refractivity contribution in [3.05, 3.63) is 54.1 Å². The molecule has 0 saturated heterocycles. The molecular formula is C16H19NO2. The van der Waals surface area contributed by atoms with Gasteiger partial charge in [0.15, 0.2) is 5.78 Å². The van der Waals surface area contributed by atoms with Gasteiger partial charge in [0.1, 0.15) is 11.5 Å². The average molecular weight is 257 g/mol. The van der Waals surface area contributed by atoms with Gasteiger partial charge in [-0.05, 0) is 55.5 Å². The van der Waals surface area contributed by atoms with Crippen LogP contribution < -0.4 is 10.5 Å². The Bertz CT molecular complexity index is 515. The summed E-state index contributed by atoms with van der Waals surface area (Å²) < 4.78 is 5.60. The van der Waals surface area contributed by atoms with Crippen LogP contribution in [0.5, 0.6) is 11.5 Å². The van der Waals surface area contributed by atoms with Crippen molar-refractivity contribution in [1.82, 2.24) is 0 Å². The highest BCUT2D eigenvalue weighted by atomic mass is 16.5. The lowest BCUT2D eigenvalue weighted by Gasteiger charge is -2.06. The van der Waals surface area contributed by atoms with E-state index in [1.165, 1.54) is 6.92 Å². The van der Waals surface area contributed by atoms with E-state index in [9.17, 15) is 4.79 Å². The summed E-state index contributed by atoms with van der Waals surface area (Å²) in [7, 11) is 0. The van der Waals surface area contributed by atoms with Crippen LogP contribution >= 0.6 is 0 Å². The number of hydrogen-bond acceptors (Lipinski definition) is 3. The third kappa shape index (κ3) is 4.47. The number of carbonyl (C=O) groups excluding carboxylic acids is 1. The van der Waals surface area contributed by atoms with Gasteiger partial charge in [0.2, 0.25) is 0 Å². The number of ether oxygens (including phenoxy) is 1. The zero-order chi connectivity index (χ0) is 14.3. The fourth-order valence-corrected chi connectivity index (χ4v) is 1.43. The average Bonchev–Trinajstić information content (AvgIpc) is 2.44. The molecule has 100 valence electrons. The Morgan fingerprint density at radius 3 is 1.74 bits per heavy atom. The number of nitrogens with two attached hydrogens (primary N) is 1. The molecule has 0 spiro atoms. The summed E-state index contributed by atoms with van der Waals surface area (Å²) in [6.07, 6.45) is 0. The standard InChI is InChI=1S/C14H13NO2.C2H6/c1-10(16)11-2-6-13(7-3-11)17-14-8-4-12(15)5-9-14;1-2/h2-9H,15H2,1H3;1-2H3. The van der Waals surface area contributed by atoms with Crippen molar-refractivity contribution >= 4 is 11.5 Å². The molecule has 0 aliphatic carbocycles. The highest BCUT2D eigenvalue weighted by Gasteiger charge is 2.00. The lowest BCUT2D eigenvalue weighted by Crippen LogP contribution is -1.91. The van der Waals surface area contributed by atoms with E-state index in [1.54, 1.807) is 48.5 Å². The van der Waals surface area contributed by atoms with Gasteiger partial charge >= 0.3 is 0 Å². The maximum atomic E-state index is 11.1. The molecule has 0 saturated carbocycles. The Balaban J connectivity index is 0.000000861. The van der Waals surface area contributed by atoms with Crippen molar-refractivity contribution in [3.8, 4) is 11.5 Å². The molecule has 2 aromatic carbocycles. The van der Waals surface area contributed by atoms with Crippen LogP contribution in [0.3, 0.4) is 0 Å². The number of hydrogen-bond donors (Lipinski definition) is 1. The van der Waals surface area contributed by atoms with Gasteiger partial charge in [0.25, 0.3) is 0 Å². The highest BCUT2D eigenvalue weighted by molar-refractivity contribution is 5.94. The van der Waals surface area contributed by atoms with Crippen LogP contribution in [0.2, 0.25) is 0 Å². The molecule has 0 atom stereocenters. The molecule has 19 heavy (non-hydrogen) atoms. The van der Waals surface area contributed by atoms with E-state index in [-0.39, 0.29) is 5.78 Å². The zero-order valence-corrected chi connectivity index (χ0v) is 11.5. The second kappa shape index (κ2) is 7.21. The van der Waals surface area contributed by atoms with Crippen molar-refractivity contribution in [2.75, 3.05) is 5.73 Å². The molecule has 0 unspecified atom stereocenters. The van der Waals surface area contributed by atoms with Crippen LogP contribution in [0, 0.1) is 0 Å². The predicted molar refractivity (Wildman–Crippen MR) is 78.7 cm³/mol. The quantitative estimate of drug-likeness (QED) is 0.659. The van der Waals surface area contributed by atoms with Crippen molar-refractivity contribution in [2.45, 2.75) is 20.8 Å². The Kier molecular flexibility index (Phi) is 5.61. The molecule has 0 aliphatic heterocycles. The normalized spacial score (nSPS) is 9.21. The van der Waals surface area contributed by atoms with Crippen LogP contribution in [0.1, 0.15) is 31.1 Å². The number of Topliss-reactive ketones (excluding diaryl/α,β-unsaturated/α-hetero) is 1. The smallest absolute Gasteiger partial charge is 0.159 e. The molecule has 0 amide bonds. The molecule has 0 bridgehead atoms. The first-order valence-electron chi connectivity index (χ1n) is 6.29. The second-order valence-electron chi connectivity index (χ2n) is 3.75. The van der Waals surface area contributed by atoms with Gasteiger partial charge in [-0.3, -0.25) is 4.79 Å². The molecular weight excluding hydrogens is 238 g/mol. The SMILES string of the molecule is CC.CC(=O)c1ccc(Oc2ccc(N)cc2)cc1. The predicted octanol–water partition coefficient (Wildman–Crippen LogP) is 4.29. The van der Waals surface area contributed by atoms with Crippen LogP contribution in [0.25, 0.3) is 0 Å². The van der Waals surface area contributed by atoms with Gasteiger partial charge in [-0.2, -0.15) is 0 Å². The third-order valence-electron chi connectivity index (χ3n) is 2.38. The lowest BCUT2D eigenvalue weighted by molar-refractivity contribution is 0.101. The number of ketones is 1. The minimum Gasteiger partial charge on any atom is -0.457 e. The maximum Gasteiger partial charge on any atom is 0.159 e. The largest absolute Gasteiger partial charge is 0.457 e. The van der Waals surface area contributed by atoms with Gasteiger partial charge in [-0.25, -0.2) is 0 Å². The molecule has 2 aromatic rings. The third-order valence-corrected chi connectivity index (χ3v) is 2.38. The first-order valence-corrected chi connectivity index (χ1v) is 6.29. The van der Waals surface area contributed by atoms with Crippen LogP contribution in [0.15, 0.2) is 48.5 Å². The molecule has 0 aromatic heterocycles. The number of rotatable bonds is 3. The second-order valence-corrected chi connectivity index (χ2v) is 3.75. The Morgan fingerprint density at radius 2 is 1.32 bits per heavy atom. The van der Waals surface area contributed by atoms with Crippen molar-refractivity contribution in [2.24, 2.45) is 0 Å². The minimum absolute atomic E-state index is 0.0454. The van der Waals surface area contributed by atoms with Crippen LogP contribution in [-0.4, -0.2) is 5.78 Å². The zero-order valence-electron chi connectivity index (χ0n) is 11.5. The fourth-order valence-electron chi connectivity index (χ4n) is 1.43. The van der Waals surface area contributed by atoms with E-state index in [4.69, 9.17) is 10.5 Å².